The molecule has 112 valence electrons. The Labute approximate surface area is 123 Å². The van der Waals surface area contributed by atoms with Gasteiger partial charge < -0.3 is 10.5 Å². The van der Waals surface area contributed by atoms with E-state index in [0.29, 0.717) is 12.2 Å². The van der Waals surface area contributed by atoms with Crippen molar-refractivity contribution in [3.63, 3.8) is 0 Å². The second-order valence-electron chi connectivity index (χ2n) is 4.21. The molecule has 0 fully saturated rings. The lowest BCUT2D eigenvalue weighted by atomic mass is 10.2. The molecular weight excluding hydrogens is 292 g/mol. The van der Waals surface area contributed by atoms with E-state index in [1.807, 2.05) is 0 Å². The summed E-state index contributed by atoms with van der Waals surface area (Å²) in [5.74, 6) is 0.258. The van der Waals surface area contributed by atoms with E-state index in [4.69, 9.17) is 10.5 Å². The SMILES string of the molecule is COc1cc(CN)ccc1S(=O)(=O)NCc1ccncn1. The van der Waals surface area contributed by atoms with E-state index in [1.54, 1.807) is 24.4 Å². The van der Waals surface area contributed by atoms with Crippen molar-refractivity contribution in [3.8, 4) is 5.75 Å². The first kappa shape index (κ1) is 15.4. The average Bonchev–Trinajstić information content (AvgIpc) is 2.53. The Kier molecular flexibility index (Phi) is 4.84. The van der Waals surface area contributed by atoms with Gasteiger partial charge in [-0.05, 0) is 23.8 Å². The molecular formula is C13H16N4O3S. The molecule has 2 rings (SSSR count). The van der Waals surface area contributed by atoms with Crippen molar-refractivity contribution in [1.29, 1.82) is 0 Å². The minimum absolute atomic E-state index is 0.0660. The van der Waals surface area contributed by atoms with E-state index in [9.17, 15) is 8.42 Å². The maximum Gasteiger partial charge on any atom is 0.244 e. The Bertz CT molecular complexity index is 705. The second kappa shape index (κ2) is 6.61. The minimum atomic E-state index is -3.70. The Hall–Kier alpha value is -2.03. The molecule has 0 bridgehead atoms. The predicted octanol–water partition coefficient (Wildman–Crippen LogP) is 0.422. The molecule has 0 amide bonds. The first-order valence-electron chi connectivity index (χ1n) is 6.18. The fraction of sp³-hybridized carbons (Fsp3) is 0.231. The van der Waals surface area contributed by atoms with Crippen molar-refractivity contribution in [3.05, 3.63) is 48.0 Å². The molecule has 0 saturated heterocycles. The van der Waals surface area contributed by atoms with Crippen LogP contribution in [-0.2, 0) is 23.1 Å². The largest absolute Gasteiger partial charge is 0.495 e. The number of ether oxygens (including phenoxy) is 1. The Morgan fingerprint density at radius 1 is 1.33 bits per heavy atom. The molecule has 1 aromatic carbocycles. The lowest BCUT2D eigenvalue weighted by molar-refractivity contribution is 0.401. The summed E-state index contributed by atoms with van der Waals surface area (Å²) in [6, 6.07) is 6.38. The maximum absolute atomic E-state index is 12.3. The van der Waals surface area contributed by atoms with Gasteiger partial charge in [-0.2, -0.15) is 0 Å². The quantitative estimate of drug-likeness (QED) is 0.801. The molecule has 0 aliphatic carbocycles. The molecule has 3 N–H and O–H groups in total. The van der Waals surface area contributed by atoms with Gasteiger partial charge >= 0.3 is 0 Å². The summed E-state index contributed by atoms with van der Waals surface area (Å²) >= 11 is 0. The molecule has 21 heavy (non-hydrogen) atoms. The van der Waals surface area contributed by atoms with Gasteiger partial charge in [0.2, 0.25) is 10.0 Å². The van der Waals surface area contributed by atoms with Gasteiger partial charge in [-0.3, -0.25) is 0 Å². The number of methoxy groups -OCH3 is 1. The number of benzene rings is 1. The van der Waals surface area contributed by atoms with Crippen molar-refractivity contribution in [2.75, 3.05) is 7.11 Å². The van der Waals surface area contributed by atoms with Crippen LogP contribution in [0.5, 0.6) is 5.75 Å². The van der Waals surface area contributed by atoms with E-state index in [2.05, 4.69) is 14.7 Å². The first-order chi connectivity index (χ1) is 10.1. The number of sulfonamides is 1. The van der Waals surface area contributed by atoms with Crippen LogP contribution in [0.1, 0.15) is 11.3 Å². The smallest absolute Gasteiger partial charge is 0.244 e. The highest BCUT2D eigenvalue weighted by atomic mass is 32.2. The van der Waals surface area contributed by atoms with Crippen molar-refractivity contribution in [2.24, 2.45) is 5.73 Å². The van der Waals surface area contributed by atoms with Crippen molar-refractivity contribution in [1.82, 2.24) is 14.7 Å². The van der Waals surface area contributed by atoms with E-state index >= 15 is 0 Å². The molecule has 0 aliphatic heterocycles. The van der Waals surface area contributed by atoms with Crippen LogP contribution in [0.25, 0.3) is 0 Å². The highest BCUT2D eigenvalue weighted by Gasteiger charge is 2.19. The van der Waals surface area contributed by atoms with Gasteiger partial charge in [-0.25, -0.2) is 23.1 Å². The zero-order valence-corrected chi connectivity index (χ0v) is 12.3. The van der Waals surface area contributed by atoms with Gasteiger partial charge in [0, 0.05) is 12.7 Å². The molecule has 0 saturated carbocycles. The molecule has 0 unspecified atom stereocenters. The molecule has 0 aliphatic rings. The third-order valence-corrected chi connectivity index (χ3v) is 4.28. The number of nitrogens with zero attached hydrogens (tertiary/aromatic N) is 2. The van der Waals surface area contributed by atoms with Crippen molar-refractivity contribution < 1.29 is 13.2 Å². The van der Waals surface area contributed by atoms with Gasteiger partial charge in [0.05, 0.1) is 19.3 Å². The highest BCUT2D eigenvalue weighted by molar-refractivity contribution is 7.89. The van der Waals surface area contributed by atoms with Crippen LogP contribution in [0, 0.1) is 0 Å². The van der Waals surface area contributed by atoms with Gasteiger partial charge in [-0.15, -0.1) is 0 Å². The summed E-state index contributed by atoms with van der Waals surface area (Å²) in [7, 11) is -2.29. The summed E-state index contributed by atoms with van der Waals surface area (Å²) in [6.45, 7) is 0.387. The molecule has 0 atom stereocenters. The summed E-state index contributed by atoms with van der Waals surface area (Å²) in [5, 5.41) is 0. The number of nitrogens with one attached hydrogen (secondary N) is 1. The molecule has 1 heterocycles. The highest BCUT2D eigenvalue weighted by Crippen LogP contribution is 2.24. The van der Waals surface area contributed by atoms with Crippen LogP contribution in [0.3, 0.4) is 0 Å². The predicted molar refractivity (Wildman–Crippen MR) is 76.9 cm³/mol. The van der Waals surface area contributed by atoms with Crippen LogP contribution in [-0.4, -0.2) is 25.5 Å². The lowest BCUT2D eigenvalue weighted by Crippen LogP contribution is -2.24. The Morgan fingerprint density at radius 3 is 2.76 bits per heavy atom. The third kappa shape index (κ3) is 3.75. The molecule has 7 nitrogen and oxygen atoms in total. The van der Waals surface area contributed by atoms with E-state index in [-0.39, 0.29) is 17.2 Å². The Morgan fingerprint density at radius 2 is 2.14 bits per heavy atom. The molecule has 1 aromatic heterocycles. The summed E-state index contributed by atoms with van der Waals surface area (Å²) in [5.41, 5.74) is 6.90. The fourth-order valence-corrected chi connectivity index (χ4v) is 2.88. The number of nitrogens with two attached hydrogens (primary N) is 1. The topological polar surface area (TPSA) is 107 Å². The fourth-order valence-electron chi connectivity index (χ4n) is 1.73. The lowest BCUT2D eigenvalue weighted by Gasteiger charge is -2.11. The monoisotopic (exact) mass is 308 g/mol. The van der Waals surface area contributed by atoms with Crippen LogP contribution in [0.2, 0.25) is 0 Å². The number of hydrogen-bond acceptors (Lipinski definition) is 6. The van der Waals surface area contributed by atoms with Crippen LogP contribution >= 0.6 is 0 Å². The maximum atomic E-state index is 12.3. The Balaban J connectivity index is 2.23. The second-order valence-corrected chi connectivity index (χ2v) is 5.95. The van der Waals surface area contributed by atoms with E-state index < -0.39 is 10.0 Å². The average molecular weight is 308 g/mol. The van der Waals surface area contributed by atoms with Crippen LogP contribution in [0.15, 0.2) is 41.7 Å². The van der Waals surface area contributed by atoms with E-state index in [0.717, 1.165) is 5.56 Å². The summed E-state index contributed by atoms with van der Waals surface area (Å²) < 4.78 is 32.2. The molecule has 0 radical (unpaired) electrons. The normalized spacial score (nSPS) is 11.3. The zero-order chi connectivity index (χ0) is 15.3. The van der Waals surface area contributed by atoms with Gasteiger partial charge in [0.1, 0.15) is 17.0 Å². The molecule has 8 heteroatoms. The summed E-state index contributed by atoms with van der Waals surface area (Å²) in [4.78, 5) is 7.80. The standard InChI is InChI=1S/C13H16N4O3S/c1-20-12-6-10(7-14)2-3-13(12)21(18,19)17-8-11-4-5-15-9-16-11/h2-6,9,17H,7-8,14H2,1H3. The van der Waals surface area contributed by atoms with Crippen molar-refractivity contribution >= 4 is 10.0 Å². The van der Waals surface area contributed by atoms with Crippen LogP contribution < -0.4 is 15.2 Å². The number of hydrogen-bond donors (Lipinski definition) is 2. The number of aromatic nitrogens is 2. The first-order valence-corrected chi connectivity index (χ1v) is 7.66. The summed E-state index contributed by atoms with van der Waals surface area (Å²) in [6.07, 6.45) is 2.91. The van der Waals surface area contributed by atoms with Crippen LogP contribution in [0.4, 0.5) is 0 Å². The van der Waals surface area contributed by atoms with Crippen molar-refractivity contribution in [2.45, 2.75) is 18.0 Å². The number of rotatable bonds is 6. The van der Waals surface area contributed by atoms with Gasteiger partial charge in [0.25, 0.3) is 0 Å². The van der Waals surface area contributed by atoms with E-state index in [1.165, 1.54) is 19.5 Å². The van der Waals surface area contributed by atoms with Gasteiger partial charge in [-0.1, -0.05) is 6.07 Å². The molecule has 2 aromatic rings. The third-order valence-electron chi connectivity index (χ3n) is 2.84. The minimum Gasteiger partial charge on any atom is -0.495 e. The zero-order valence-electron chi connectivity index (χ0n) is 11.5. The van der Waals surface area contributed by atoms with Gasteiger partial charge in [0.15, 0.2) is 0 Å². The molecule has 0 spiro atoms.